The second kappa shape index (κ2) is 8.03. The molecule has 2 aromatic carbocycles. The highest BCUT2D eigenvalue weighted by Gasteiger charge is 2.40. The van der Waals surface area contributed by atoms with E-state index in [-0.39, 0.29) is 11.9 Å². The minimum Gasteiger partial charge on any atom is -0.496 e. The molecule has 31 heavy (non-hydrogen) atoms. The van der Waals surface area contributed by atoms with E-state index in [4.69, 9.17) is 4.74 Å². The molecule has 2 aromatic rings. The van der Waals surface area contributed by atoms with Crippen molar-refractivity contribution < 1.29 is 9.53 Å². The van der Waals surface area contributed by atoms with Crippen LogP contribution in [0.5, 0.6) is 5.75 Å². The summed E-state index contributed by atoms with van der Waals surface area (Å²) in [6, 6.07) is 15.9. The molecule has 0 saturated heterocycles. The molecule has 3 aliphatic rings. The SMILES string of the molecule is COc1cc(-c2ccccc2C#N)ccc1C(=O)N(C1CC1)C1CCC2=C(C=NC2)C1. The van der Waals surface area contributed by atoms with Crippen molar-refractivity contribution in [1.82, 2.24) is 4.90 Å². The number of nitriles is 1. The highest BCUT2D eigenvalue weighted by molar-refractivity contribution is 5.98. The van der Waals surface area contributed by atoms with Gasteiger partial charge in [-0.3, -0.25) is 9.79 Å². The Morgan fingerprint density at radius 1 is 1.16 bits per heavy atom. The number of hydrogen-bond donors (Lipinski definition) is 0. The summed E-state index contributed by atoms with van der Waals surface area (Å²) in [5.41, 5.74) is 5.68. The van der Waals surface area contributed by atoms with Crippen molar-refractivity contribution in [3.8, 4) is 22.9 Å². The van der Waals surface area contributed by atoms with Crippen LogP contribution in [0.1, 0.15) is 48.0 Å². The molecule has 156 valence electrons. The molecule has 1 unspecified atom stereocenters. The molecule has 2 aliphatic carbocycles. The smallest absolute Gasteiger partial charge is 0.258 e. The Labute approximate surface area is 182 Å². The van der Waals surface area contributed by atoms with Gasteiger partial charge in [0.1, 0.15) is 5.75 Å². The molecule has 1 heterocycles. The van der Waals surface area contributed by atoms with E-state index in [9.17, 15) is 10.1 Å². The van der Waals surface area contributed by atoms with Gasteiger partial charge in [0.25, 0.3) is 5.91 Å². The van der Waals surface area contributed by atoms with Crippen LogP contribution in [-0.2, 0) is 0 Å². The normalized spacial score (nSPS) is 19.7. The number of carbonyl (C=O) groups excluding carboxylic acids is 1. The second-order valence-electron chi connectivity index (χ2n) is 8.51. The van der Waals surface area contributed by atoms with Gasteiger partial charge in [-0.2, -0.15) is 5.26 Å². The van der Waals surface area contributed by atoms with Crippen molar-refractivity contribution >= 4 is 12.1 Å². The lowest BCUT2D eigenvalue weighted by atomic mass is 9.88. The van der Waals surface area contributed by atoms with Gasteiger partial charge in [-0.15, -0.1) is 0 Å². The largest absolute Gasteiger partial charge is 0.496 e. The van der Waals surface area contributed by atoms with Gasteiger partial charge in [-0.05, 0) is 72.6 Å². The van der Waals surface area contributed by atoms with Crippen LogP contribution in [-0.4, -0.2) is 42.8 Å². The predicted octanol–water partition coefficient (Wildman–Crippen LogP) is 4.77. The van der Waals surface area contributed by atoms with Gasteiger partial charge in [0, 0.05) is 18.3 Å². The van der Waals surface area contributed by atoms with Crippen LogP contribution in [0.2, 0.25) is 0 Å². The average Bonchev–Trinajstić information content (AvgIpc) is 3.53. The van der Waals surface area contributed by atoms with E-state index >= 15 is 0 Å². The van der Waals surface area contributed by atoms with E-state index < -0.39 is 0 Å². The molecular weight excluding hydrogens is 386 g/mol. The summed E-state index contributed by atoms with van der Waals surface area (Å²) in [5, 5.41) is 9.44. The molecule has 1 saturated carbocycles. The number of carbonyl (C=O) groups is 1. The van der Waals surface area contributed by atoms with Gasteiger partial charge in [0.05, 0.1) is 30.9 Å². The second-order valence-corrected chi connectivity index (χ2v) is 8.51. The molecule has 5 nitrogen and oxygen atoms in total. The molecule has 5 heteroatoms. The van der Waals surface area contributed by atoms with Crippen molar-refractivity contribution in [1.29, 1.82) is 5.26 Å². The van der Waals surface area contributed by atoms with Gasteiger partial charge in [-0.25, -0.2) is 0 Å². The molecule has 0 N–H and O–H groups in total. The van der Waals surface area contributed by atoms with Crippen molar-refractivity contribution in [3.05, 3.63) is 64.7 Å². The lowest BCUT2D eigenvalue weighted by Gasteiger charge is -2.35. The zero-order valence-electron chi connectivity index (χ0n) is 17.7. The number of hydrogen-bond acceptors (Lipinski definition) is 4. The zero-order valence-corrected chi connectivity index (χ0v) is 17.7. The van der Waals surface area contributed by atoms with Crippen LogP contribution in [0.4, 0.5) is 0 Å². The summed E-state index contributed by atoms with van der Waals surface area (Å²) in [4.78, 5) is 20.2. The first kappa shape index (κ1) is 19.6. The maximum absolute atomic E-state index is 13.7. The number of amides is 1. The van der Waals surface area contributed by atoms with Gasteiger partial charge in [0.2, 0.25) is 0 Å². The Balaban J connectivity index is 1.46. The van der Waals surface area contributed by atoms with E-state index in [0.29, 0.717) is 22.9 Å². The van der Waals surface area contributed by atoms with Crippen LogP contribution < -0.4 is 4.74 Å². The minimum absolute atomic E-state index is 0.0449. The van der Waals surface area contributed by atoms with E-state index in [1.165, 1.54) is 11.1 Å². The van der Waals surface area contributed by atoms with Gasteiger partial charge in [0.15, 0.2) is 0 Å². The van der Waals surface area contributed by atoms with Gasteiger partial charge >= 0.3 is 0 Å². The summed E-state index contributed by atoms with van der Waals surface area (Å²) >= 11 is 0. The summed E-state index contributed by atoms with van der Waals surface area (Å²) in [7, 11) is 1.60. The van der Waals surface area contributed by atoms with Gasteiger partial charge in [-0.1, -0.05) is 24.3 Å². The lowest BCUT2D eigenvalue weighted by molar-refractivity contribution is 0.0642. The van der Waals surface area contributed by atoms with Crippen molar-refractivity contribution in [2.75, 3.05) is 13.7 Å². The molecule has 1 amide bonds. The Kier molecular flexibility index (Phi) is 5.07. The standard InChI is InChI=1S/C26H25N3O2/c1-31-25-13-17(23-5-3-2-4-18(23)14-27)7-11-24(25)26(30)29(21-9-10-21)22-8-6-19-15-28-16-20(19)12-22/h2-5,7,11,13,16,21-22H,6,8-10,12,15H2,1H3. The number of methoxy groups -OCH3 is 1. The molecule has 1 atom stereocenters. The molecule has 0 aromatic heterocycles. The number of nitrogens with zero attached hydrogens (tertiary/aromatic N) is 3. The third kappa shape index (κ3) is 3.63. The first-order chi connectivity index (χ1) is 15.2. The molecule has 5 rings (SSSR count). The quantitative estimate of drug-likeness (QED) is 0.712. The molecule has 1 aliphatic heterocycles. The van der Waals surface area contributed by atoms with E-state index in [0.717, 1.165) is 49.8 Å². The predicted molar refractivity (Wildman–Crippen MR) is 120 cm³/mol. The topological polar surface area (TPSA) is 65.7 Å². The Morgan fingerprint density at radius 2 is 2.00 bits per heavy atom. The van der Waals surface area contributed by atoms with Crippen molar-refractivity contribution in [3.63, 3.8) is 0 Å². The number of benzene rings is 2. The number of rotatable bonds is 5. The highest BCUT2D eigenvalue weighted by atomic mass is 16.5. The molecule has 0 spiro atoms. The average molecular weight is 412 g/mol. The summed E-state index contributed by atoms with van der Waals surface area (Å²) in [6.45, 7) is 0.832. The van der Waals surface area contributed by atoms with Crippen LogP contribution in [0, 0.1) is 11.3 Å². The fourth-order valence-corrected chi connectivity index (χ4v) is 4.82. The number of ether oxygens (including phenoxy) is 1. The molecule has 1 fully saturated rings. The van der Waals surface area contributed by atoms with E-state index in [1.54, 1.807) is 13.2 Å². The molecular formula is C26H25N3O2. The molecule has 0 bridgehead atoms. The third-order valence-electron chi connectivity index (χ3n) is 6.58. The Hall–Kier alpha value is -3.39. The summed E-state index contributed by atoms with van der Waals surface area (Å²) in [6.07, 6.45) is 7.06. The fourth-order valence-electron chi connectivity index (χ4n) is 4.82. The van der Waals surface area contributed by atoms with Crippen LogP contribution >= 0.6 is 0 Å². The maximum atomic E-state index is 13.7. The van der Waals surface area contributed by atoms with Crippen LogP contribution in [0.3, 0.4) is 0 Å². The van der Waals surface area contributed by atoms with Gasteiger partial charge < -0.3 is 9.64 Å². The van der Waals surface area contributed by atoms with Crippen molar-refractivity contribution in [2.24, 2.45) is 4.99 Å². The van der Waals surface area contributed by atoms with E-state index in [1.807, 2.05) is 42.6 Å². The van der Waals surface area contributed by atoms with Crippen LogP contribution in [0.25, 0.3) is 11.1 Å². The highest BCUT2D eigenvalue weighted by Crippen LogP contribution is 2.39. The first-order valence-electron chi connectivity index (χ1n) is 10.9. The fraction of sp³-hybridized carbons (Fsp3) is 0.346. The Morgan fingerprint density at radius 3 is 2.77 bits per heavy atom. The van der Waals surface area contributed by atoms with E-state index in [2.05, 4.69) is 16.0 Å². The minimum atomic E-state index is 0.0449. The maximum Gasteiger partial charge on any atom is 0.258 e. The summed E-state index contributed by atoms with van der Waals surface area (Å²) < 4.78 is 5.65. The third-order valence-corrected chi connectivity index (χ3v) is 6.58. The monoisotopic (exact) mass is 411 g/mol. The Bertz CT molecular complexity index is 1140. The summed E-state index contributed by atoms with van der Waals surface area (Å²) in [5.74, 6) is 0.600. The van der Waals surface area contributed by atoms with Crippen molar-refractivity contribution in [2.45, 2.75) is 44.2 Å². The zero-order chi connectivity index (χ0) is 21.4. The first-order valence-corrected chi connectivity index (χ1v) is 10.9. The lowest BCUT2D eigenvalue weighted by Crippen LogP contribution is -2.43. The molecule has 0 radical (unpaired) electrons. The number of aliphatic imine (C=N–C) groups is 1. The van der Waals surface area contributed by atoms with Crippen LogP contribution in [0.15, 0.2) is 58.6 Å².